The van der Waals surface area contributed by atoms with Crippen LogP contribution in [-0.4, -0.2) is 5.75 Å². The van der Waals surface area contributed by atoms with Crippen molar-refractivity contribution in [2.75, 3.05) is 5.75 Å². The minimum Gasteiger partial charge on any atom is -0.456 e. The van der Waals surface area contributed by atoms with Crippen LogP contribution in [0.5, 0.6) is 11.5 Å². The molecule has 0 amide bonds. The van der Waals surface area contributed by atoms with Crippen LogP contribution in [0.2, 0.25) is 10.0 Å². The third-order valence-corrected chi connectivity index (χ3v) is 4.20. The number of nitrogens with zero attached hydrogens (tertiary/aromatic N) is 1. The van der Waals surface area contributed by atoms with E-state index in [0.29, 0.717) is 27.1 Å². The van der Waals surface area contributed by atoms with E-state index in [1.54, 1.807) is 36.0 Å². The summed E-state index contributed by atoms with van der Waals surface area (Å²) in [6.45, 7) is 2.04. The van der Waals surface area contributed by atoms with Crippen LogP contribution in [0.15, 0.2) is 41.3 Å². The van der Waals surface area contributed by atoms with E-state index in [1.807, 2.05) is 19.1 Å². The molecule has 2 aromatic rings. The molecule has 0 spiro atoms. The van der Waals surface area contributed by atoms with Crippen molar-refractivity contribution in [1.82, 2.24) is 0 Å². The summed E-state index contributed by atoms with van der Waals surface area (Å²) < 4.78 is 5.74. The summed E-state index contributed by atoms with van der Waals surface area (Å²) in [5.74, 6) is 1.96. The van der Waals surface area contributed by atoms with E-state index in [4.69, 9.17) is 27.9 Å². The van der Waals surface area contributed by atoms with Gasteiger partial charge in [0.1, 0.15) is 23.1 Å². The highest BCUT2D eigenvalue weighted by Gasteiger charge is 2.10. The number of halogens is 2. The van der Waals surface area contributed by atoms with Crippen LogP contribution in [0, 0.1) is 11.3 Å². The molecule has 0 radical (unpaired) electrons. The fraction of sp³-hybridized carbons (Fsp3) is 0.133. The number of ether oxygens (including phenoxy) is 1. The second-order valence-corrected chi connectivity index (χ2v) is 5.97. The maximum Gasteiger partial charge on any atom is 0.146 e. The quantitative estimate of drug-likeness (QED) is 0.669. The molecule has 20 heavy (non-hydrogen) atoms. The van der Waals surface area contributed by atoms with Crippen molar-refractivity contribution in [3.63, 3.8) is 0 Å². The first-order valence-corrected chi connectivity index (χ1v) is 7.68. The van der Waals surface area contributed by atoms with E-state index in [-0.39, 0.29) is 0 Å². The molecule has 2 nitrogen and oxygen atoms in total. The van der Waals surface area contributed by atoms with Gasteiger partial charge in [-0.3, -0.25) is 0 Å². The molecule has 0 unspecified atom stereocenters. The molecule has 0 aliphatic heterocycles. The van der Waals surface area contributed by atoms with E-state index < -0.39 is 0 Å². The molecular formula is C15H11Cl2NOS. The zero-order valence-corrected chi connectivity index (χ0v) is 13.0. The number of thioether (sulfide) groups is 1. The van der Waals surface area contributed by atoms with Crippen molar-refractivity contribution in [3.05, 3.63) is 52.0 Å². The molecule has 2 aromatic carbocycles. The first-order valence-electron chi connectivity index (χ1n) is 5.94. The van der Waals surface area contributed by atoms with Gasteiger partial charge < -0.3 is 4.74 Å². The van der Waals surface area contributed by atoms with E-state index in [9.17, 15) is 5.26 Å². The van der Waals surface area contributed by atoms with Gasteiger partial charge in [0.25, 0.3) is 0 Å². The number of rotatable bonds is 4. The van der Waals surface area contributed by atoms with Gasteiger partial charge in [0.15, 0.2) is 0 Å². The van der Waals surface area contributed by atoms with Gasteiger partial charge >= 0.3 is 0 Å². The Kier molecular flexibility index (Phi) is 5.19. The number of benzene rings is 2. The Morgan fingerprint density at radius 3 is 2.65 bits per heavy atom. The van der Waals surface area contributed by atoms with Crippen LogP contribution in [0.3, 0.4) is 0 Å². The molecule has 0 aromatic heterocycles. The zero-order valence-electron chi connectivity index (χ0n) is 10.7. The molecular weight excluding hydrogens is 313 g/mol. The van der Waals surface area contributed by atoms with Gasteiger partial charge in [0.05, 0.1) is 10.0 Å². The average Bonchev–Trinajstić information content (AvgIpc) is 2.44. The Labute approximate surface area is 132 Å². The lowest BCUT2D eigenvalue weighted by Gasteiger charge is -2.10. The summed E-state index contributed by atoms with van der Waals surface area (Å²) in [6, 6.07) is 12.7. The number of hydrogen-bond donors (Lipinski definition) is 0. The van der Waals surface area contributed by atoms with E-state index in [1.165, 1.54) is 0 Å². The van der Waals surface area contributed by atoms with Gasteiger partial charge in [-0.1, -0.05) is 36.2 Å². The van der Waals surface area contributed by atoms with Crippen molar-refractivity contribution in [3.8, 4) is 17.6 Å². The third kappa shape index (κ3) is 3.40. The Morgan fingerprint density at radius 2 is 2.00 bits per heavy atom. The Hall–Kier alpha value is -1.34. The summed E-state index contributed by atoms with van der Waals surface area (Å²) >= 11 is 13.4. The highest BCUT2D eigenvalue weighted by molar-refractivity contribution is 7.99. The van der Waals surface area contributed by atoms with Gasteiger partial charge in [-0.05, 0) is 30.0 Å². The smallest absolute Gasteiger partial charge is 0.146 e. The number of hydrogen-bond acceptors (Lipinski definition) is 3. The molecule has 5 heteroatoms. The van der Waals surface area contributed by atoms with Crippen LogP contribution in [0.25, 0.3) is 0 Å². The van der Waals surface area contributed by atoms with Crippen LogP contribution in [0.1, 0.15) is 12.5 Å². The lowest BCUT2D eigenvalue weighted by atomic mass is 10.2. The first kappa shape index (κ1) is 15.1. The molecule has 0 aliphatic carbocycles. The largest absolute Gasteiger partial charge is 0.456 e. The van der Waals surface area contributed by atoms with Crippen LogP contribution >= 0.6 is 35.0 Å². The van der Waals surface area contributed by atoms with Crippen molar-refractivity contribution in [2.24, 2.45) is 0 Å². The number of nitriles is 1. The molecule has 0 saturated carbocycles. The second kappa shape index (κ2) is 6.90. The zero-order chi connectivity index (χ0) is 14.5. The fourth-order valence-electron chi connectivity index (χ4n) is 1.65. The summed E-state index contributed by atoms with van der Waals surface area (Å²) in [5, 5.41) is 10.2. The predicted molar refractivity (Wildman–Crippen MR) is 84.1 cm³/mol. The monoisotopic (exact) mass is 323 g/mol. The molecule has 0 fully saturated rings. The van der Waals surface area contributed by atoms with Crippen molar-refractivity contribution in [2.45, 2.75) is 11.8 Å². The fourth-order valence-corrected chi connectivity index (χ4v) is 2.71. The van der Waals surface area contributed by atoms with Crippen LogP contribution < -0.4 is 4.74 Å². The van der Waals surface area contributed by atoms with Gasteiger partial charge in [0, 0.05) is 11.0 Å². The van der Waals surface area contributed by atoms with Crippen LogP contribution in [0.4, 0.5) is 0 Å². The summed E-state index contributed by atoms with van der Waals surface area (Å²) in [7, 11) is 0. The third-order valence-electron chi connectivity index (χ3n) is 2.52. The molecule has 0 saturated heterocycles. The van der Waals surface area contributed by atoms with E-state index >= 15 is 0 Å². The SMILES string of the molecule is CCSc1cccc(Oc2ccc(Cl)c(Cl)c2)c1C#N. The lowest BCUT2D eigenvalue weighted by Crippen LogP contribution is -1.91. The van der Waals surface area contributed by atoms with Gasteiger partial charge in [-0.15, -0.1) is 11.8 Å². The summed E-state index contributed by atoms with van der Waals surface area (Å²) in [5.41, 5.74) is 0.533. The highest BCUT2D eigenvalue weighted by atomic mass is 35.5. The van der Waals surface area contributed by atoms with Crippen molar-refractivity contribution < 1.29 is 4.74 Å². The van der Waals surface area contributed by atoms with Gasteiger partial charge in [0.2, 0.25) is 0 Å². The van der Waals surface area contributed by atoms with E-state index in [2.05, 4.69) is 6.07 Å². The molecule has 0 aliphatic rings. The minimum atomic E-state index is 0.418. The maximum absolute atomic E-state index is 9.31. The average molecular weight is 324 g/mol. The molecule has 0 atom stereocenters. The summed E-state index contributed by atoms with van der Waals surface area (Å²) in [6.07, 6.45) is 0. The molecule has 0 bridgehead atoms. The molecule has 2 rings (SSSR count). The topological polar surface area (TPSA) is 33.0 Å². The Morgan fingerprint density at radius 1 is 1.20 bits per heavy atom. The lowest BCUT2D eigenvalue weighted by molar-refractivity contribution is 0.479. The van der Waals surface area contributed by atoms with Crippen LogP contribution in [-0.2, 0) is 0 Å². The van der Waals surface area contributed by atoms with Gasteiger partial charge in [-0.25, -0.2) is 0 Å². The predicted octanol–water partition coefficient (Wildman–Crippen LogP) is 5.77. The Balaban J connectivity index is 2.35. The minimum absolute atomic E-state index is 0.418. The first-order chi connectivity index (χ1) is 9.65. The normalized spacial score (nSPS) is 10.1. The molecule has 0 heterocycles. The highest BCUT2D eigenvalue weighted by Crippen LogP contribution is 2.34. The second-order valence-electron chi connectivity index (χ2n) is 3.85. The maximum atomic E-state index is 9.31. The van der Waals surface area contributed by atoms with Gasteiger partial charge in [-0.2, -0.15) is 5.26 Å². The standard InChI is InChI=1S/C15H11Cl2NOS/c1-2-20-15-5-3-4-14(11(15)9-18)19-10-6-7-12(16)13(17)8-10/h3-8H,2H2,1H3. The van der Waals surface area contributed by atoms with E-state index in [0.717, 1.165) is 10.6 Å². The van der Waals surface area contributed by atoms with Crippen molar-refractivity contribution in [1.29, 1.82) is 5.26 Å². The molecule has 0 N–H and O–H groups in total. The summed E-state index contributed by atoms with van der Waals surface area (Å²) in [4.78, 5) is 0.910. The van der Waals surface area contributed by atoms with Crippen molar-refractivity contribution >= 4 is 35.0 Å². The Bertz CT molecular complexity index is 667. The molecule has 102 valence electrons.